The normalized spacial score (nSPS) is 20.8. The van der Waals surface area contributed by atoms with Gasteiger partial charge in [0.05, 0.1) is 17.6 Å². The quantitative estimate of drug-likeness (QED) is 0.858. The topological polar surface area (TPSA) is 44.0 Å². The number of aromatic amines is 1. The van der Waals surface area contributed by atoms with Crippen molar-refractivity contribution in [1.82, 2.24) is 20.2 Å². The molecular formula is C14H20N4. The van der Waals surface area contributed by atoms with E-state index in [2.05, 4.69) is 32.3 Å². The zero-order valence-corrected chi connectivity index (χ0v) is 10.8. The van der Waals surface area contributed by atoms with Gasteiger partial charge in [0.25, 0.3) is 0 Å². The van der Waals surface area contributed by atoms with E-state index in [-0.39, 0.29) is 0 Å². The molecule has 1 atom stereocenters. The minimum Gasteiger partial charge on any atom is -0.341 e. The van der Waals surface area contributed by atoms with Gasteiger partial charge in [-0.05, 0) is 44.6 Å². The first kappa shape index (κ1) is 11.7. The second kappa shape index (κ2) is 5.08. The van der Waals surface area contributed by atoms with E-state index in [9.17, 15) is 0 Å². The van der Waals surface area contributed by atoms with E-state index in [1.807, 2.05) is 19.2 Å². The number of hydrogen-bond acceptors (Lipinski definition) is 3. The second-order valence-corrected chi connectivity index (χ2v) is 5.15. The van der Waals surface area contributed by atoms with E-state index in [1.54, 1.807) is 0 Å². The van der Waals surface area contributed by atoms with Gasteiger partial charge in [0.15, 0.2) is 0 Å². The largest absolute Gasteiger partial charge is 0.341 e. The summed E-state index contributed by atoms with van der Waals surface area (Å²) in [6.45, 7) is 4.42. The molecule has 0 saturated carbocycles. The summed E-state index contributed by atoms with van der Waals surface area (Å²) in [7, 11) is 2.03. The van der Waals surface area contributed by atoms with Gasteiger partial charge < -0.3 is 10.3 Å². The molecular weight excluding hydrogens is 224 g/mol. The molecule has 2 heterocycles. The third kappa shape index (κ3) is 2.40. The summed E-state index contributed by atoms with van der Waals surface area (Å²) >= 11 is 0. The summed E-state index contributed by atoms with van der Waals surface area (Å²) < 4.78 is 0. The van der Waals surface area contributed by atoms with Gasteiger partial charge in [-0.3, -0.25) is 4.90 Å². The zero-order chi connectivity index (χ0) is 12.4. The van der Waals surface area contributed by atoms with Crippen molar-refractivity contribution in [3.05, 3.63) is 30.1 Å². The summed E-state index contributed by atoms with van der Waals surface area (Å²) in [6.07, 6.45) is 1.29. The number of fused-ring (bicyclic) bond motifs is 1. The highest BCUT2D eigenvalue weighted by atomic mass is 15.2. The average Bonchev–Trinajstić information content (AvgIpc) is 2.96. The van der Waals surface area contributed by atoms with Crippen molar-refractivity contribution < 1.29 is 0 Å². The molecule has 4 heteroatoms. The lowest BCUT2D eigenvalue weighted by molar-refractivity contribution is 0.309. The monoisotopic (exact) mass is 244 g/mol. The van der Waals surface area contributed by atoms with Crippen molar-refractivity contribution in [1.29, 1.82) is 0 Å². The van der Waals surface area contributed by atoms with Crippen molar-refractivity contribution in [2.24, 2.45) is 5.92 Å². The maximum Gasteiger partial charge on any atom is 0.121 e. The number of aromatic nitrogens is 2. The minimum absolute atomic E-state index is 0.791. The SMILES string of the molecule is CNCC1CCN(Cc2nc3ccccc3[nH]2)C1. The van der Waals surface area contributed by atoms with Crippen LogP contribution in [-0.4, -0.2) is 41.5 Å². The Kier molecular flexibility index (Phi) is 3.30. The summed E-state index contributed by atoms with van der Waals surface area (Å²) in [4.78, 5) is 10.5. The van der Waals surface area contributed by atoms with Gasteiger partial charge in [-0.1, -0.05) is 12.1 Å². The Morgan fingerprint density at radius 1 is 1.44 bits per heavy atom. The Morgan fingerprint density at radius 3 is 3.17 bits per heavy atom. The number of H-pyrrole nitrogens is 1. The number of benzene rings is 1. The summed E-state index contributed by atoms with van der Waals surface area (Å²) in [6, 6.07) is 8.22. The lowest BCUT2D eigenvalue weighted by atomic mass is 10.1. The number of hydrogen-bond donors (Lipinski definition) is 2. The molecule has 0 bridgehead atoms. The van der Waals surface area contributed by atoms with Gasteiger partial charge in [0.2, 0.25) is 0 Å². The maximum absolute atomic E-state index is 4.63. The molecule has 2 N–H and O–H groups in total. The number of para-hydroxylation sites is 2. The number of nitrogens with zero attached hydrogens (tertiary/aromatic N) is 2. The van der Waals surface area contributed by atoms with Crippen molar-refractivity contribution in [2.45, 2.75) is 13.0 Å². The van der Waals surface area contributed by atoms with Crippen molar-refractivity contribution in [2.75, 3.05) is 26.7 Å². The lowest BCUT2D eigenvalue weighted by Gasteiger charge is -2.14. The van der Waals surface area contributed by atoms with Gasteiger partial charge in [0, 0.05) is 6.54 Å². The predicted octanol–water partition coefficient (Wildman–Crippen LogP) is 1.60. The Balaban J connectivity index is 1.66. The third-order valence-electron chi connectivity index (χ3n) is 3.67. The van der Waals surface area contributed by atoms with Gasteiger partial charge in [0.1, 0.15) is 5.82 Å². The molecule has 0 amide bonds. The molecule has 4 nitrogen and oxygen atoms in total. The molecule has 2 aromatic rings. The zero-order valence-electron chi connectivity index (χ0n) is 10.8. The molecule has 0 spiro atoms. The van der Waals surface area contributed by atoms with Crippen LogP contribution in [0.4, 0.5) is 0 Å². The molecule has 96 valence electrons. The second-order valence-electron chi connectivity index (χ2n) is 5.15. The summed E-state index contributed by atoms with van der Waals surface area (Å²) in [5, 5.41) is 3.27. The predicted molar refractivity (Wildman–Crippen MR) is 73.4 cm³/mol. The summed E-state index contributed by atoms with van der Waals surface area (Å²) in [5.41, 5.74) is 2.21. The average molecular weight is 244 g/mol. The van der Waals surface area contributed by atoms with Crippen LogP contribution in [-0.2, 0) is 6.54 Å². The van der Waals surface area contributed by atoms with E-state index in [1.165, 1.54) is 19.5 Å². The molecule has 18 heavy (non-hydrogen) atoms. The fraction of sp³-hybridized carbons (Fsp3) is 0.500. The maximum atomic E-state index is 4.63. The molecule has 1 aliphatic heterocycles. The van der Waals surface area contributed by atoms with E-state index in [0.717, 1.165) is 35.9 Å². The number of likely N-dealkylation sites (tertiary alicyclic amines) is 1. The van der Waals surface area contributed by atoms with Crippen molar-refractivity contribution in [3.8, 4) is 0 Å². The van der Waals surface area contributed by atoms with Crippen LogP contribution in [0.1, 0.15) is 12.2 Å². The molecule has 1 aliphatic rings. The first-order valence-corrected chi connectivity index (χ1v) is 6.66. The van der Waals surface area contributed by atoms with Crippen molar-refractivity contribution >= 4 is 11.0 Å². The molecule has 3 rings (SSSR count). The highest BCUT2D eigenvalue weighted by molar-refractivity contribution is 5.74. The number of rotatable bonds is 4. The number of imidazole rings is 1. The van der Waals surface area contributed by atoms with E-state index in [4.69, 9.17) is 0 Å². The Hall–Kier alpha value is -1.39. The standard InChI is InChI=1S/C14H20N4/c1-15-8-11-6-7-18(9-11)10-14-16-12-4-2-3-5-13(12)17-14/h2-5,11,15H,6-10H2,1H3,(H,16,17). The van der Waals surface area contributed by atoms with Crippen LogP contribution in [0.25, 0.3) is 11.0 Å². The van der Waals surface area contributed by atoms with Gasteiger partial charge >= 0.3 is 0 Å². The van der Waals surface area contributed by atoms with Crippen LogP contribution in [0.15, 0.2) is 24.3 Å². The highest BCUT2D eigenvalue weighted by Gasteiger charge is 2.22. The third-order valence-corrected chi connectivity index (χ3v) is 3.67. The van der Waals surface area contributed by atoms with E-state index in [0.29, 0.717) is 0 Å². The van der Waals surface area contributed by atoms with Crippen LogP contribution in [0.2, 0.25) is 0 Å². The Labute approximate surface area is 107 Å². The van der Waals surface area contributed by atoms with E-state index >= 15 is 0 Å². The molecule has 1 unspecified atom stereocenters. The van der Waals surface area contributed by atoms with Gasteiger partial charge in [-0.15, -0.1) is 0 Å². The van der Waals surface area contributed by atoms with Crippen LogP contribution in [0, 0.1) is 5.92 Å². The van der Waals surface area contributed by atoms with Gasteiger partial charge in [-0.25, -0.2) is 4.98 Å². The van der Waals surface area contributed by atoms with Crippen molar-refractivity contribution in [3.63, 3.8) is 0 Å². The summed E-state index contributed by atoms with van der Waals surface area (Å²) in [5.74, 6) is 1.88. The fourth-order valence-corrected chi connectivity index (χ4v) is 2.80. The van der Waals surface area contributed by atoms with Gasteiger partial charge in [-0.2, -0.15) is 0 Å². The molecule has 0 radical (unpaired) electrons. The Bertz CT molecular complexity index is 486. The molecule has 1 aromatic carbocycles. The van der Waals surface area contributed by atoms with Crippen LogP contribution >= 0.6 is 0 Å². The minimum atomic E-state index is 0.791. The van der Waals surface area contributed by atoms with E-state index < -0.39 is 0 Å². The Morgan fingerprint density at radius 2 is 2.33 bits per heavy atom. The smallest absolute Gasteiger partial charge is 0.121 e. The van der Waals surface area contributed by atoms with Crippen LogP contribution in [0.3, 0.4) is 0 Å². The van der Waals surface area contributed by atoms with Crippen LogP contribution < -0.4 is 5.32 Å². The molecule has 1 saturated heterocycles. The highest BCUT2D eigenvalue weighted by Crippen LogP contribution is 2.18. The molecule has 1 fully saturated rings. The lowest BCUT2D eigenvalue weighted by Crippen LogP contribution is -2.24. The van der Waals surface area contributed by atoms with Crippen LogP contribution in [0.5, 0.6) is 0 Å². The first-order valence-electron chi connectivity index (χ1n) is 6.66. The molecule has 0 aliphatic carbocycles. The number of nitrogens with one attached hydrogen (secondary N) is 2. The molecule has 1 aromatic heterocycles. The fourth-order valence-electron chi connectivity index (χ4n) is 2.80. The first-order chi connectivity index (χ1) is 8.85.